The molecular formula is C19H20ClN3O3. The lowest BCUT2D eigenvalue weighted by Gasteiger charge is -2.20. The second kappa shape index (κ2) is 7.07. The summed E-state index contributed by atoms with van der Waals surface area (Å²) in [5.74, 6) is 0.117. The van der Waals surface area contributed by atoms with Crippen LogP contribution in [-0.4, -0.2) is 32.3 Å². The van der Waals surface area contributed by atoms with Crippen LogP contribution in [0.1, 0.15) is 29.8 Å². The molecule has 3 aromatic rings. The first-order chi connectivity index (χ1) is 12.4. The summed E-state index contributed by atoms with van der Waals surface area (Å²) >= 11 is 6.19. The smallest absolute Gasteiger partial charge is 0.256 e. The zero-order valence-corrected chi connectivity index (χ0v) is 15.3. The highest BCUT2D eigenvalue weighted by Crippen LogP contribution is 2.27. The topological polar surface area (TPSA) is 87.4 Å². The Morgan fingerprint density at radius 1 is 1.35 bits per heavy atom. The average Bonchev–Trinajstić information content (AvgIpc) is 2.97. The SMILES string of the molecule is CCn1cc(Cl)c2cnc(NC(=O)c3ccc([C@](C)(O)CO)cc3)cc21. The van der Waals surface area contributed by atoms with Gasteiger partial charge in [0.05, 0.1) is 17.1 Å². The van der Waals surface area contributed by atoms with Crippen LogP contribution in [0.3, 0.4) is 0 Å². The Labute approximate surface area is 156 Å². The molecule has 0 unspecified atom stereocenters. The van der Waals surface area contributed by atoms with Gasteiger partial charge in [-0.05, 0) is 31.5 Å². The molecule has 26 heavy (non-hydrogen) atoms. The van der Waals surface area contributed by atoms with Crippen LogP contribution in [0.15, 0.2) is 42.7 Å². The lowest BCUT2D eigenvalue weighted by atomic mass is 9.96. The van der Waals surface area contributed by atoms with E-state index in [1.807, 2.05) is 17.7 Å². The minimum absolute atomic E-state index is 0.312. The third kappa shape index (κ3) is 3.44. The number of aromatic nitrogens is 2. The second-order valence-electron chi connectivity index (χ2n) is 6.31. The number of nitrogens with one attached hydrogen (secondary N) is 1. The molecule has 0 bridgehead atoms. The number of halogens is 1. The van der Waals surface area contributed by atoms with E-state index in [1.165, 1.54) is 6.92 Å². The van der Waals surface area contributed by atoms with E-state index in [-0.39, 0.29) is 5.91 Å². The standard InChI is InChI=1S/C19H20ClN3O3/c1-3-23-10-15(20)14-9-21-17(8-16(14)23)22-18(25)12-4-6-13(7-5-12)19(2,26)11-24/h4-10,24,26H,3,11H2,1-2H3,(H,21,22,25)/t19-/m1/s1. The first-order valence-corrected chi connectivity index (χ1v) is 8.63. The number of carbonyl (C=O) groups excluding carboxylic acids is 1. The van der Waals surface area contributed by atoms with Gasteiger partial charge in [-0.15, -0.1) is 0 Å². The first-order valence-electron chi connectivity index (χ1n) is 8.25. The summed E-state index contributed by atoms with van der Waals surface area (Å²) in [6, 6.07) is 8.21. The summed E-state index contributed by atoms with van der Waals surface area (Å²) in [5, 5.41) is 23.5. The first kappa shape index (κ1) is 18.4. The van der Waals surface area contributed by atoms with E-state index < -0.39 is 12.2 Å². The molecular weight excluding hydrogens is 354 g/mol. The summed E-state index contributed by atoms with van der Waals surface area (Å²) < 4.78 is 1.99. The summed E-state index contributed by atoms with van der Waals surface area (Å²) in [6.45, 7) is 3.88. The van der Waals surface area contributed by atoms with E-state index in [4.69, 9.17) is 11.6 Å². The lowest BCUT2D eigenvalue weighted by molar-refractivity contribution is -0.00229. The lowest BCUT2D eigenvalue weighted by Crippen LogP contribution is -2.25. The Balaban J connectivity index is 1.82. The largest absolute Gasteiger partial charge is 0.393 e. The van der Waals surface area contributed by atoms with Gasteiger partial charge in [-0.2, -0.15) is 0 Å². The van der Waals surface area contributed by atoms with Crippen LogP contribution in [0.5, 0.6) is 0 Å². The molecule has 0 aliphatic carbocycles. The fourth-order valence-corrected chi connectivity index (χ4v) is 3.00. The fourth-order valence-electron chi connectivity index (χ4n) is 2.73. The molecule has 0 saturated carbocycles. The highest BCUT2D eigenvalue weighted by molar-refractivity contribution is 6.35. The van der Waals surface area contributed by atoms with E-state index in [2.05, 4.69) is 10.3 Å². The number of pyridine rings is 1. The predicted octanol–water partition coefficient (Wildman–Crippen LogP) is 3.16. The molecule has 1 amide bonds. The van der Waals surface area contributed by atoms with Gasteiger partial charge in [0.15, 0.2) is 0 Å². The number of aliphatic hydroxyl groups is 2. The van der Waals surface area contributed by atoms with Crippen molar-refractivity contribution in [3.05, 3.63) is 58.9 Å². The van der Waals surface area contributed by atoms with Gasteiger partial charge in [0, 0.05) is 36.0 Å². The van der Waals surface area contributed by atoms with Crippen LogP contribution >= 0.6 is 11.6 Å². The molecule has 6 nitrogen and oxygen atoms in total. The fraction of sp³-hybridized carbons (Fsp3) is 0.263. The zero-order chi connectivity index (χ0) is 18.9. The van der Waals surface area contributed by atoms with Crippen molar-refractivity contribution >= 4 is 34.2 Å². The molecule has 3 rings (SSSR count). The number of hydrogen-bond donors (Lipinski definition) is 3. The van der Waals surface area contributed by atoms with Crippen LogP contribution in [0.2, 0.25) is 5.02 Å². The van der Waals surface area contributed by atoms with Gasteiger partial charge in [0.1, 0.15) is 11.4 Å². The number of carbonyl (C=O) groups is 1. The number of aliphatic hydroxyl groups excluding tert-OH is 1. The monoisotopic (exact) mass is 373 g/mol. The Morgan fingerprint density at radius 2 is 2.04 bits per heavy atom. The molecule has 136 valence electrons. The normalized spacial score (nSPS) is 13.6. The van der Waals surface area contributed by atoms with Gasteiger partial charge >= 0.3 is 0 Å². The van der Waals surface area contributed by atoms with Gasteiger partial charge in [-0.1, -0.05) is 23.7 Å². The number of amides is 1. The quantitative estimate of drug-likeness (QED) is 0.641. The number of rotatable bonds is 5. The maximum absolute atomic E-state index is 12.4. The van der Waals surface area contributed by atoms with Crippen molar-refractivity contribution in [3.8, 4) is 0 Å². The molecule has 3 N–H and O–H groups in total. The van der Waals surface area contributed by atoms with Crippen molar-refractivity contribution in [2.24, 2.45) is 0 Å². The molecule has 2 aromatic heterocycles. The summed E-state index contributed by atoms with van der Waals surface area (Å²) in [4.78, 5) is 16.7. The molecule has 0 radical (unpaired) electrons. The Morgan fingerprint density at radius 3 is 2.65 bits per heavy atom. The Hall–Kier alpha value is -2.41. The third-order valence-electron chi connectivity index (χ3n) is 4.38. The Bertz CT molecular complexity index is 949. The maximum Gasteiger partial charge on any atom is 0.256 e. The molecule has 0 aliphatic rings. The van der Waals surface area contributed by atoms with E-state index >= 15 is 0 Å². The number of benzene rings is 1. The van der Waals surface area contributed by atoms with Crippen molar-refractivity contribution < 1.29 is 15.0 Å². The zero-order valence-electron chi connectivity index (χ0n) is 14.5. The molecule has 0 fully saturated rings. The van der Waals surface area contributed by atoms with Crippen LogP contribution in [0.4, 0.5) is 5.82 Å². The van der Waals surface area contributed by atoms with Crippen molar-refractivity contribution in [3.63, 3.8) is 0 Å². The van der Waals surface area contributed by atoms with Gasteiger partial charge < -0.3 is 20.1 Å². The second-order valence-corrected chi connectivity index (χ2v) is 6.72. The number of fused-ring (bicyclic) bond motifs is 1. The molecule has 0 aliphatic heterocycles. The highest BCUT2D eigenvalue weighted by Gasteiger charge is 2.22. The number of nitrogens with zero attached hydrogens (tertiary/aromatic N) is 2. The van der Waals surface area contributed by atoms with E-state index in [0.29, 0.717) is 22.0 Å². The molecule has 0 saturated heterocycles. The summed E-state index contributed by atoms with van der Waals surface area (Å²) in [6.07, 6.45) is 3.48. The van der Waals surface area contributed by atoms with Crippen LogP contribution < -0.4 is 5.32 Å². The predicted molar refractivity (Wildman–Crippen MR) is 101 cm³/mol. The van der Waals surface area contributed by atoms with Crippen molar-refractivity contribution in [2.45, 2.75) is 26.0 Å². The van der Waals surface area contributed by atoms with E-state index in [0.717, 1.165) is 17.4 Å². The molecule has 2 heterocycles. The Kier molecular flexibility index (Phi) is 5.00. The minimum Gasteiger partial charge on any atom is -0.393 e. The maximum atomic E-state index is 12.4. The number of anilines is 1. The third-order valence-corrected chi connectivity index (χ3v) is 4.68. The summed E-state index contributed by atoms with van der Waals surface area (Å²) in [5.41, 5.74) is 0.517. The number of aryl methyl sites for hydroxylation is 1. The van der Waals surface area contributed by atoms with Gasteiger partial charge in [0.25, 0.3) is 5.91 Å². The molecule has 7 heteroatoms. The molecule has 1 atom stereocenters. The van der Waals surface area contributed by atoms with Crippen molar-refractivity contribution in [1.29, 1.82) is 0 Å². The van der Waals surface area contributed by atoms with E-state index in [1.54, 1.807) is 36.5 Å². The van der Waals surface area contributed by atoms with E-state index in [9.17, 15) is 15.0 Å². The van der Waals surface area contributed by atoms with Crippen LogP contribution in [-0.2, 0) is 12.1 Å². The number of hydrogen-bond acceptors (Lipinski definition) is 4. The van der Waals surface area contributed by atoms with Crippen LogP contribution in [0, 0.1) is 0 Å². The highest BCUT2D eigenvalue weighted by atomic mass is 35.5. The minimum atomic E-state index is -1.34. The summed E-state index contributed by atoms with van der Waals surface area (Å²) in [7, 11) is 0. The average molecular weight is 374 g/mol. The molecule has 1 aromatic carbocycles. The van der Waals surface area contributed by atoms with Crippen LogP contribution in [0.25, 0.3) is 10.9 Å². The van der Waals surface area contributed by atoms with Gasteiger partial charge in [-0.3, -0.25) is 4.79 Å². The van der Waals surface area contributed by atoms with Crippen molar-refractivity contribution in [1.82, 2.24) is 9.55 Å². The van der Waals surface area contributed by atoms with Gasteiger partial charge in [0.2, 0.25) is 0 Å². The van der Waals surface area contributed by atoms with Gasteiger partial charge in [-0.25, -0.2) is 4.98 Å². The van der Waals surface area contributed by atoms with Crippen molar-refractivity contribution in [2.75, 3.05) is 11.9 Å². The molecule has 0 spiro atoms.